The Morgan fingerprint density at radius 2 is 2.29 bits per heavy atom. The fourth-order valence-corrected chi connectivity index (χ4v) is 3.44. The predicted octanol–water partition coefficient (Wildman–Crippen LogP) is 3.85. The molecule has 0 aromatic carbocycles. The third kappa shape index (κ3) is 5.21. The zero-order chi connectivity index (χ0) is 15.2. The van der Waals surface area contributed by atoms with Crippen molar-refractivity contribution in [2.75, 3.05) is 5.75 Å². The van der Waals surface area contributed by atoms with Gasteiger partial charge in [0.2, 0.25) is 5.91 Å². The van der Waals surface area contributed by atoms with Crippen molar-refractivity contribution >= 4 is 29.0 Å². The molecule has 2 rings (SSSR count). The highest BCUT2D eigenvalue weighted by Crippen LogP contribution is 2.17. The summed E-state index contributed by atoms with van der Waals surface area (Å²) in [5.74, 6) is 3.38. The van der Waals surface area contributed by atoms with E-state index in [2.05, 4.69) is 15.7 Å². The van der Waals surface area contributed by atoms with Crippen LogP contribution in [0, 0.1) is 13.8 Å². The molecule has 2 aromatic heterocycles. The number of amides is 1. The molecule has 1 amide bonds. The van der Waals surface area contributed by atoms with Gasteiger partial charge in [0.1, 0.15) is 11.5 Å². The van der Waals surface area contributed by atoms with Gasteiger partial charge in [-0.3, -0.25) is 4.79 Å². The number of thiazole rings is 1. The first-order valence-electron chi connectivity index (χ1n) is 6.89. The first kappa shape index (κ1) is 16.1. The molecule has 4 nitrogen and oxygen atoms in total. The lowest BCUT2D eigenvalue weighted by Crippen LogP contribution is -2.26. The number of hydrogen-bond donors (Lipinski definition) is 1. The molecular formula is C15H20N2O2S2. The Kier molecular flexibility index (Phi) is 5.87. The number of thioether (sulfide) groups is 1. The van der Waals surface area contributed by atoms with Crippen LogP contribution in [-0.2, 0) is 10.5 Å². The second-order valence-corrected chi connectivity index (χ2v) is 7.07. The van der Waals surface area contributed by atoms with Crippen molar-refractivity contribution in [2.24, 2.45) is 0 Å². The lowest BCUT2D eigenvalue weighted by atomic mass is 10.2. The maximum atomic E-state index is 11.9. The average molecular weight is 324 g/mol. The van der Waals surface area contributed by atoms with Crippen LogP contribution in [0.2, 0.25) is 0 Å². The van der Waals surface area contributed by atoms with E-state index in [1.807, 2.05) is 32.9 Å². The van der Waals surface area contributed by atoms with E-state index >= 15 is 0 Å². The van der Waals surface area contributed by atoms with Crippen LogP contribution in [0.25, 0.3) is 0 Å². The van der Waals surface area contributed by atoms with Crippen molar-refractivity contribution in [1.29, 1.82) is 0 Å². The van der Waals surface area contributed by atoms with Crippen molar-refractivity contribution < 1.29 is 9.21 Å². The molecular weight excluding hydrogens is 304 g/mol. The molecule has 114 valence electrons. The monoisotopic (exact) mass is 324 g/mol. The molecule has 1 atom stereocenters. The van der Waals surface area contributed by atoms with Gasteiger partial charge in [-0.25, -0.2) is 4.98 Å². The number of hydrogen-bond acceptors (Lipinski definition) is 5. The number of aryl methyl sites for hydroxylation is 2. The van der Waals surface area contributed by atoms with Crippen LogP contribution < -0.4 is 5.32 Å². The lowest BCUT2D eigenvalue weighted by Gasteiger charge is -2.11. The fourth-order valence-electron chi connectivity index (χ4n) is 1.89. The van der Waals surface area contributed by atoms with E-state index in [-0.39, 0.29) is 11.9 Å². The quantitative estimate of drug-likeness (QED) is 0.786. The van der Waals surface area contributed by atoms with E-state index in [9.17, 15) is 4.79 Å². The average Bonchev–Trinajstić information content (AvgIpc) is 3.03. The smallest absolute Gasteiger partial charge is 0.221 e. The van der Waals surface area contributed by atoms with Crippen LogP contribution in [0.3, 0.4) is 0 Å². The van der Waals surface area contributed by atoms with Crippen LogP contribution in [0.4, 0.5) is 0 Å². The molecule has 0 radical (unpaired) electrons. The number of nitrogens with one attached hydrogen (secondary N) is 1. The summed E-state index contributed by atoms with van der Waals surface area (Å²) < 4.78 is 5.50. The largest absolute Gasteiger partial charge is 0.464 e. The molecule has 6 heteroatoms. The first-order chi connectivity index (χ1) is 10.0. The van der Waals surface area contributed by atoms with Crippen LogP contribution >= 0.6 is 23.1 Å². The summed E-state index contributed by atoms with van der Waals surface area (Å²) in [6.07, 6.45) is 0.512. The molecule has 0 unspecified atom stereocenters. The molecule has 0 saturated carbocycles. The summed E-state index contributed by atoms with van der Waals surface area (Å²) in [5, 5.41) is 6.11. The SMILES string of the molecule is Cc1ccc([C@H](C)NC(=O)CCSCc2csc(C)n2)o1. The highest BCUT2D eigenvalue weighted by atomic mass is 32.2. The molecule has 0 fully saturated rings. The Hall–Kier alpha value is -1.27. The van der Waals surface area contributed by atoms with Crippen LogP contribution in [0.1, 0.15) is 41.6 Å². The number of carbonyl (C=O) groups is 1. The van der Waals surface area contributed by atoms with Crippen molar-refractivity contribution in [3.05, 3.63) is 39.7 Å². The molecule has 0 spiro atoms. The normalized spacial score (nSPS) is 12.3. The Labute approximate surface area is 133 Å². The van der Waals surface area contributed by atoms with Gasteiger partial charge in [-0.2, -0.15) is 11.8 Å². The number of furan rings is 1. The zero-order valence-corrected chi connectivity index (χ0v) is 14.1. The Balaban J connectivity index is 1.65. The van der Waals surface area contributed by atoms with Gasteiger partial charge in [-0.1, -0.05) is 0 Å². The van der Waals surface area contributed by atoms with Crippen molar-refractivity contribution in [2.45, 2.75) is 39.0 Å². The highest BCUT2D eigenvalue weighted by Gasteiger charge is 2.12. The van der Waals surface area contributed by atoms with E-state index in [0.29, 0.717) is 6.42 Å². The van der Waals surface area contributed by atoms with E-state index in [0.717, 1.165) is 33.7 Å². The molecule has 0 saturated heterocycles. The summed E-state index contributed by atoms with van der Waals surface area (Å²) in [5.41, 5.74) is 1.10. The minimum Gasteiger partial charge on any atom is -0.464 e. The Bertz CT molecular complexity index is 592. The highest BCUT2D eigenvalue weighted by molar-refractivity contribution is 7.98. The molecule has 0 aliphatic rings. The standard InChI is InChI=1S/C15H20N2O2S2/c1-10-4-5-14(19-10)11(2)16-15(18)6-7-20-8-13-9-21-12(3)17-13/h4-5,9,11H,6-8H2,1-3H3,(H,16,18)/t11-/m0/s1. The maximum Gasteiger partial charge on any atom is 0.221 e. The van der Waals surface area contributed by atoms with Crippen molar-refractivity contribution in [3.63, 3.8) is 0 Å². The summed E-state index contributed by atoms with van der Waals surface area (Å²) in [4.78, 5) is 16.3. The number of nitrogens with zero attached hydrogens (tertiary/aromatic N) is 1. The van der Waals surface area contributed by atoms with Gasteiger partial charge in [-0.15, -0.1) is 11.3 Å². The van der Waals surface area contributed by atoms with Gasteiger partial charge in [0.05, 0.1) is 16.7 Å². The number of carbonyl (C=O) groups excluding carboxylic acids is 1. The molecule has 0 aliphatic heterocycles. The van der Waals surface area contributed by atoms with Gasteiger partial charge in [0, 0.05) is 23.3 Å². The number of aromatic nitrogens is 1. The van der Waals surface area contributed by atoms with Gasteiger partial charge < -0.3 is 9.73 Å². The summed E-state index contributed by atoms with van der Waals surface area (Å²) in [7, 11) is 0. The Morgan fingerprint density at radius 3 is 2.90 bits per heavy atom. The second-order valence-electron chi connectivity index (χ2n) is 4.90. The van der Waals surface area contributed by atoms with Gasteiger partial charge in [0.15, 0.2) is 0 Å². The molecule has 1 N–H and O–H groups in total. The first-order valence-corrected chi connectivity index (χ1v) is 8.92. The number of rotatable bonds is 7. The fraction of sp³-hybridized carbons (Fsp3) is 0.467. The van der Waals surface area contributed by atoms with Crippen LogP contribution in [0.5, 0.6) is 0 Å². The Morgan fingerprint density at radius 1 is 1.48 bits per heavy atom. The molecule has 2 heterocycles. The van der Waals surface area contributed by atoms with E-state index in [1.165, 1.54) is 0 Å². The van der Waals surface area contributed by atoms with Crippen molar-refractivity contribution in [1.82, 2.24) is 10.3 Å². The molecule has 0 bridgehead atoms. The van der Waals surface area contributed by atoms with E-state index in [4.69, 9.17) is 4.42 Å². The maximum absolute atomic E-state index is 11.9. The minimum atomic E-state index is -0.0857. The lowest BCUT2D eigenvalue weighted by molar-refractivity contribution is -0.121. The zero-order valence-electron chi connectivity index (χ0n) is 12.5. The summed E-state index contributed by atoms with van der Waals surface area (Å²) >= 11 is 3.40. The summed E-state index contributed by atoms with van der Waals surface area (Å²) in [6, 6.07) is 3.72. The van der Waals surface area contributed by atoms with Crippen molar-refractivity contribution in [3.8, 4) is 0 Å². The molecule has 0 aliphatic carbocycles. The summed E-state index contributed by atoms with van der Waals surface area (Å²) in [6.45, 7) is 5.83. The van der Waals surface area contributed by atoms with Gasteiger partial charge >= 0.3 is 0 Å². The molecule has 2 aromatic rings. The van der Waals surface area contributed by atoms with E-state index in [1.54, 1.807) is 23.1 Å². The minimum absolute atomic E-state index is 0.0542. The predicted molar refractivity (Wildman–Crippen MR) is 87.6 cm³/mol. The topological polar surface area (TPSA) is 55.1 Å². The van der Waals surface area contributed by atoms with Crippen LogP contribution in [0.15, 0.2) is 21.9 Å². The van der Waals surface area contributed by atoms with Crippen LogP contribution in [-0.4, -0.2) is 16.6 Å². The third-order valence-electron chi connectivity index (χ3n) is 2.96. The second kappa shape index (κ2) is 7.66. The van der Waals surface area contributed by atoms with Gasteiger partial charge in [0.25, 0.3) is 0 Å². The third-order valence-corrected chi connectivity index (χ3v) is 4.77. The van der Waals surface area contributed by atoms with E-state index < -0.39 is 0 Å². The van der Waals surface area contributed by atoms with Gasteiger partial charge in [-0.05, 0) is 32.9 Å². The molecule has 21 heavy (non-hydrogen) atoms.